The Hall–Kier alpha value is -3.64. The van der Waals surface area contributed by atoms with Crippen molar-refractivity contribution in [2.75, 3.05) is 6.61 Å². The Labute approximate surface area is 199 Å². The van der Waals surface area contributed by atoms with Gasteiger partial charge in [-0.3, -0.25) is 4.79 Å². The van der Waals surface area contributed by atoms with Gasteiger partial charge < -0.3 is 13.9 Å². The molecule has 6 heteroatoms. The molecule has 0 saturated heterocycles. The van der Waals surface area contributed by atoms with Gasteiger partial charge >= 0.3 is 5.97 Å². The Morgan fingerprint density at radius 2 is 1.79 bits per heavy atom. The number of hydrogen-bond donors (Lipinski definition) is 0. The van der Waals surface area contributed by atoms with Crippen molar-refractivity contribution >= 4 is 44.7 Å². The number of carbonyl (C=O) groups excluding carboxylic acids is 2. The Kier molecular flexibility index (Phi) is 6.75. The van der Waals surface area contributed by atoms with Gasteiger partial charge in [0.25, 0.3) is 0 Å². The monoisotopic (exact) mass is 504 g/mol. The van der Waals surface area contributed by atoms with Gasteiger partial charge in [-0.2, -0.15) is 0 Å². The zero-order valence-corrected chi connectivity index (χ0v) is 19.7. The predicted molar refractivity (Wildman–Crippen MR) is 131 cm³/mol. The van der Waals surface area contributed by atoms with Crippen LogP contribution in [0.5, 0.6) is 11.5 Å². The van der Waals surface area contributed by atoms with Gasteiger partial charge in [-0.15, -0.1) is 0 Å². The number of benzene rings is 3. The minimum absolute atomic E-state index is 0.115. The highest BCUT2D eigenvalue weighted by molar-refractivity contribution is 9.10. The molecule has 4 aromatic rings. The maximum atomic E-state index is 13.0. The first-order valence-corrected chi connectivity index (χ1v) is 11.2. The van der Waals surface area contributed by atoms with Gasteiger partial charge in [0, 0.05) is 15.4 Å². The number of allylic oxidation sites excluding steroid dienone is 1. The molecule has 5 nitrogen and oxygen atoms in total. The van der Waals surface area contributed by atoms with Crippen molar-refractivity contribution < 1.29 is 23.5 Å². The topological polar surface area (TPSA) is 65.7 Å². The molecular weight excluding hydrogens is 484 g/mol. The molecule has 166 valence electrons. The van der Waals surface area contributed by atoms with Gasteiger partial charge in [0.15, 0.2) is 5.78 Å². The molecular formula is C27H21BrO5. The summed E-state index contributed by atoms with van der Waals surface area (Å²) in [5.74, 6) is 0.859. The van der Waals surface area contributed by atoms with Crippen LogP contribution in [0.3, 0.4) is 0 Å². The zero-order chi connectivity index (χ0) is 23.4. The summed E-state index contributed by atoms with van der Waals surface area (Å²) >= 11 is 3.36. The highest BCUT2D eigenvalue weighted by Crippen LogP contribution is 2.30. The number of aryl methyl sites for hydroxylation is 1. The van der Waals surface area contributed by atoms with E-state index < -0.39 is 5.97 Å². The lowest BCUT2D eigenvalue weighted by molar-refractivity contribution is 0.0734. The Morgan fingerprint density at radius 3 is 2.55 bits per heavy atom. The van der Waals surface area contributed by atoms with E-state index in [9.17, 15) is 9.59 Å². The smallest absolute Gasteiger partial charge is 0.347 e. The summed E-state index contributed by atoms with van der Waals surface area (Å²) in [4.78, 5) is 25.3. The van der Waals surface area contributed by atoms with E-state index in [1.807, 2.05) is 25.1 Å². The van der Waals surface area contributed by atoms with Crippen LogP contribution in [0, 0.1) is 6.92 Å². The van der Waals surface area contributed by atoms with E-state index >= 15 is 0 Å². The lowest BCUT2D eigenvalue weighted by atomic mass is 10.1. The number of ether oxygens (including phenoxy) is 2. The van der Waals surface area contributed by atoms with Gasteiger partial charge in [0.2, 0.25) is 0 Å². The van der Waals surface area contributed by atoms with E-state index in [1.54, 1.807) is 61.5 Å². The second kappa shape index (κ2) is 9.88. The van der Waals surface area contributed by atoms with Crippen molar-refractivity contribution in [1.29, 1.82) is 0 Å². The number of furan rings is 1. The average molecular weight is 505 g/mol. The van der Waals surface area contributed by atoms with Gasteiger partial charge in [0.05, 0.1) is 6.61 Å². The maximum absolute atomic E-state index is 13.0. The van der Waals surface area contributed by atoms with E-state index in [1.165, 1.54) is 6.08 Å². The van der Waals surface area contributed by atoms with Crippen LogP contribution in [0.4, 0.5) is 0 Å². The second-order valence-corrected chi connectivity index (χ2v) is 8.21. The molecule has 33 heavy (non-hydrogen) atoms. The molecule has 1 aromatic heterocycles. The maximum Gasteiger partial charge on any atom is 0.347 e. The molecule has 1 heterocycles. The van der Waals surface area contributed by atoms with Crippen molar-refractivity contribution in [2.24, 2.45) is 0 Å². The van der Waals surface area contributed by atoms with E-state index in [-0.39, 0.29) is 5.78 Å². The summed E-state index contributed by atoms with van der Waals surface area (Å²) < 4.78 is 17.8. The number of fused-ring (bicyclic) bond motifs is 1. The molecule has 0 unspecified atom stereocenters. The van der Waals surface area contributed by atoms with Crippen molar-refractivity contribution in [3.05, 3.63) is 99.7 Å². The molecule has 0 aliphatic rings. The first-order valence-electron chi connectivity index (χ1n) is 10.4. The van der Waals surface area contributed by atoms with Crippen molar-refractivity contribution in [3.8, 4) is 11.5 Å². The van der Waals surface area contributed by atoms with E-state index in [0.29, 0.717) is 46.0 Å². The number of rotatable bonds is 7. The highest BCUT2D eigenvalue weighted by Gasteiger charge is 2.21. The van der Waals surface area contributed by atoms with Gasteiger partial charge in [0.1, 0.15) is 28.4 Å². The molecule has 0 amide bonds. The summed E-state index contributed by atoms with van der Waals surface area (Å²) in [5, 5.41) is 0.639. The molecule has 0 aliphatic carbocycles. The predicted octanol–water partition coefficient (Wildman–Crippen LogP) is 7.02. The number of carbonyl (C=O) groups is 2. The molecule has 0 fully saturated rings. The quantitative estimate of drug-likeness (QED) is 0.117. The fraction of sp³-hybridized carbons (Fsp3) is 0.111. The number of esters is 1. The summed E-state index contributed by atoms with van der Waals surface area (Å²) in [6.45, 7) is 4.14. The highest BCUT2D eigenvalue weighted by atomic mass is 79.9. The van der Waals surface area contributed by atoms with Crippen molar-refractivity contribution in [1.82, 2.24) is 0 Å². The normalized spacial score (nSPS) is 11.1. The minimum atomic E-state index is -0.521. The first kappa shape index (κ1) is 22.6. The van der Waals surface area contributed by atoms with E-state index in [4.69, 9.17) is 13.9 Å². The van der Waals surface area contributed by atoms with Crippen LogP contribution < -0.4 is 9.47 Å². The molecule has 0 saturated carbocycles. The number of hydrogen-bond acceptors (Lipinski definition) is 5. The van der Waals surface area contributed by atoms with Gasteiger partial charge in [-0.25, -0.2) is 4.79 Å². The Morgan fingerprint density at radius 1 is 1.00 bits per heavy atom. The van der Waals surface area contributed by atoms with Crippen molar-refractivity contribution in [2.45, 2.75) is 13.8 Å². The van der Waals surface area contributed by atoms with Crippen LogP contribution in [0.2, 0.25) is 0 Å². The fourth-order valence-electron chi connectivity index (χ4n) is 3.43. The van der Waals surface area contributed by atoms with Crippen LogP contribution in [0.25, 0.3) is 17.0 Å². The van der Waals surface area contributed by atoms with Crippen LogP contribution in [-0.4, -0.2) is 18.4 Å². The fourth-order valence-corrected chi connectivity index (χ4v) is 3.70. The summed E-state index contributed by atoms with van der Waals surface area (Å²) in [6.07, 6.45) is 3.18. The molecule has 0 spiro atoms. The molecule has 0 atom stereocenters. The molecule has 3 aromatic carbocycles. The summed E-state index contributed by atoms with van der Waals surface area (Å²) in [7, 11) is 0. The van der Waals surface area contributed by atoms with Crippen LogP contribution in [-0.2, 0) is 0 Å². The van der Waals surface area contributed by atoms with Gasteiger partial charge in [-0.05, 0) is 80.1 Å². The van der Waals surface area contributed by atoms with Crippen LogP contribution in [0.15, 0.2) is 81.7 Å². The standard InChI is InChI=1S/C27H21BrO5/c1-3-31-21-12-14-25-23(16-21)26(17(2)32-25)27(30)33-22-6-4-5-18(15-22)7-13-24(29)19-8-10-20(28)11-9-19/h4-16H,3H2,1-2H3. The summed E-state index contributed by atoms with van der Waals surface area (Å²) in [5.41, 5.74) is 2.27. The molecule has 0 bridgehead atoms. The number of ketones is 1. The second-order valence-electron chi connectivity index (χ2n) is 7.29. The minimum Gasteiger partial charge on any atom is -0.494 e. The Bertz CT molecular complexity index is 1350. The van der Waals surface area contributed by atoms with E-state index in [0.717, 1.165) is 10.0 Å². The molecule has 0 radical (unpaired) electrons. The SMILES string of the molecule is CCOc1ccc2oc(C)c(C(=O)Oc3cccc(C=CC(=O)c4ccc(Br)cc4)c3)c2c1. The zero-order valence-electron chi connectivity index (χ0n) is 18.1. The molecule has 0 aliphatic heterocycles. The lowest BCUT2D eigenvalue weighted by Gasteiger charge is -2.06. The van der Waals surface area contributed by atoms with Crippen LogP contribution in [0.1, 0.15) is 39.0 Å². The lowest BCUT2D eigenvalue weighted by Crippen LogP contribution is -2.09. The summed E-state index contributed by atoms with van der Waals surface area (Å²) in [6, 6.07) is 19.5. The van der Waals surface area contributed by atoms with E-state index in [2.05, 4.69) is 15.9 Å². The third-order valence-electron chi connectivity index (χ3n) is 4.98. The average Bonchev–Trinajstić information content (AvgIpc) is 3.13. The Balaban J connectivity index is 1.53. The molecule has 0 N–H and O–H groups in total. The van der Waals surface area contributed by atoms with Gasteiger partial charge in [-0.1, -0.05) is 34.1 Å². The number of halogens is 1. The third kappa shape index (κ3) is 5.23. The molecule has 4 rings (SSSR count). The third-order valence-corrected chi connectivity index (χ3v) is 5.50. The van der Waals surface area contributed by atoms with Crippen molar-refractivity contribution in [3.63, 3.8) is 0 Å². The van der Waals surface area contributed by atoms with Crippen LogP contribution >= 0.6 is 15.9 Å². The largest absolute Gasteiger partial charge is 0.494 e. The first-order chi connectivity index (χ1) is 15.9.